The van der Waals surface area contributed by atoms with Crippen molar-refractivity contribution in [2.45, 2.75) is 45.8 Å². The number of ether oxygens (including phenoxy) is 2. The molecule has 1 atom stereocenters. The van der Waals surface area contributed by atoms with Crippen LogP contribution in [-0.2, 0) is 20.7 Å². The summed E-state index contributed by atoms with van der Waals surface area (Å²) in [5, 5.41) is 11.9. The zero-order chi connectivity index (χ0) is 21.4. The van der Waals surface area contributed by atoms with Crippen molar-refractivity contribution in [1.29, 1.82) is 5.26 Å². The van der Waals surface area contributed by atoms with Gasteiger partial charge in [0, 0.05) is 6.42 Å². The average Bonchev–Trinajstić information content (AvgIpc) is 2.67. The minimum absolute atomic E-state index is 0.217. The number of carbonyl (C=O) groups excluding carboxylic acids is 2. The molecule has 1 N–H and O–H groups in total. The van der Waals surface area contributed by atoms with Crippen LogP contribution >= 0.6 is 0 Å². The molecule has 152 valence electrons. The molecule has 2 rings (SSSR count). The van der Waals surface area contributed by atoms with Crippen LogP contribution in [-0.4, -0.2) is 30.3 Å². The van der Waals surface area contributed by atoms with E-state index in [0.717, 1.165) is 16.7 Å². The molecule has 2 aromatic rings. The highest BCUT2D eigenvalue weighted by atomic mass is 16.6. The molecule has 0 fully saturated rings. The van der Waals surface area contributed by atoms with Gasteiger partial charge in [0.2, 0.25) is 0 Å². The lowest BCUT2D eigenvalue weighted by atomic mass is 9.97. The summed E-state index contributed by atoms with van der Waals surface area (Å²) in [6.07, 6.45) is -0.409. The third-order valence-corrected chi connectivity index (χ3v) is 4.01. The maximum Gasteiger partial charge on any atom is 0.408 e. The van der Waals surface area contributed by atoms with Crippen LogP contribution < -0.4 is 5.32 Å². The lowest BCUT2D eigenvalue weighted by molar-refractivity contribution is -0.145. The first kappa shape index (κ1) is 22.0. The molecule has 2 aromatic carbocycles. The highest BCUT2D eigenvalue weighted by molar-refractivity contribution is 5.82. The van der Waals surface area contributed by atoms with E-state index in [1.54, 1.807) is 33.8 Å². The summed E-state index contributed by atoms with van der Waals surface area (Å²) in [6, 6.07) is 16.2. The fourth-order valence-electron chi connectivity index (χ4n) is 2.77. The van der Waals surface area contributed by atoms with Gasteiger partial charge in [0.15, 0.2) is 0 Å². The van der Waals surface area contributed by atoms with Gasteiger partial charge in [-0.1, -0.05) is 42.5 Å². The molecule has 6 heteroatoms. The van der Waals surface area contributed by atoms with E-state index in [1.165, 1.54) is 0 Å². The SMILES string of the molecule is CCOC(=O)[C@H](Cc1ccc(-c2ccccc2C#N)cc1)NC(=O)OC(C)(C)C. The van der Waals surface area contributed by atoms with Crippen LogP contribution in [0.4, 0.5) is 4.79 Å². The molecule has 0 unspecified atom stereocenters. The second kappa shape index (κ2) is 9.74. The van der Waals surface area contributed by atoms with Crippen LogP contribution in [0, 0.1) is 11.3 Å². The Morgan fingerprint density at radius 1 is 1.10 bits per heavy atom. The predicted molar refractivity (Wildman–Crippen MR) is 110 cm³/mol. The van der Waals surface area contributed by atoms with Gasteiger partial charge in [-0.15, -0.1) is 0 Å². The number of nitrogens with one attached hydrogen (secondary N) is 1. The third-order valence-electron chi connectivity index (χ3n) is 4.01. The van der Waals surface area contributed by atoms with Crippen LogP contribution in [0.2, 0.25) is 0 Å². The van der Waals surface area contributed by atoms with Crippen molar-refractivity contribution in [1.82, 2.24) is 5.32 Å². The number of nitrogens with zero attached hydrogens (tertiary/aromatic N) is 1. The van der Waals surface area contributed by atoms with Crippen LogP contribution in [0.25, 0.3) is 11.1 Å². The first-order chi connectivity index (χ1) is 13.7. The van der Waals surface area contributed by atoms with Gasteiger partial charge in [0.25, 0.3) is 0 Å². The van der Waals surface area contributed by atoms with Crippen molar-refractivity contribution in [2.24, 2.45) is 0 Å². The molecule has 0 aliphatic carbocycles. The maximum absolute atomic E-state index is 12.3. The summed E-state index contributed by atoms with van der Waals surface area (Å²) in [4.78, 5) is 24.4. The van der Waals surface area contributed by atoms with Crippen molar-refractivity contribution in [3.63, 3.8) is 0 Å². The number of carbonyl (C=O) groups is 2. The molecule has 0 radical (unpaired) electrons. The van der Waals surface area contributed by atoms with Gasteiger partial charge in [-0.3, -0.25) is 0 Å². The van der Waals surface area contributed by atoms with E-state index in [-0.39, 0.29) is 13.0 Å². The van der Waals surface area contributed by atoms with E-state index in [4.69, 9.17) is 9.47 Å². The Kier molecular flexibility index (Phi) is 7.38. The summed E-state index contributed by atoms with van der Waals surface area (Å²) >= 11 is 0. The van der Waals surface area contributed by atoms with Crippen molar-refractivity contribution in [3.8, 4) is 17.2 Å². The molecule has 29 heavy (non-hydrogen) atoms. The van der Waals surface area contributed by atoms with E-state index in [0.29, 0.717) is 5.56 Å². The van der Waals surface area contributed by atoms with Crippen LogP contribution in [0.5, 0.6) is 0 Å². The van der Waals surface area contributed by atoms with Crippen LogP contribution in [0.3, 0.4) is 0 Å². The molecular weight excluding hydrogens is 368 g/mol. The smallest absolute Gasteiger partial charge is 0.408 e. The standard InChI is InChI=1S/C23H26N2O4/c1-5-28-21(26)20(25-22(27)29-23(2,3)4)14-16-10-12-17(13-11-16)19-9-7-6-8-18(19)15-24/h6-13,20H,5,14H2,1-4H3,(H,25,27)/t20-/m0/s1. The van der Waals surface area contributed by atoms with Gasteiger partial charge in [-0.25, -0.2) is 9.59 Å². The molecule has 0 saturated carbocycles. The van der Waals surface area contributed by atoms with E-state index in [1.807, 2.05) is 42.5 Å². The molecule has 0 heterocycles. The largest absolute Gasteiger partial charge is 0.464 e. The number of alkyl carbamates (subject to hydrolysis) is 1. The molecule has 0 bridgehead atoms. The van der Waals surface area contributed by atoms with Crippen molar-refractivity contribution in [3.05, 3.63) is 59.7 Å². The molecule has 0 aliphatic rings. The van der Waals surface area contributed by atoms with Crippen LogP contribution in [0.1, 0.15) is 38.8 Å². The van der Waals surface area contributed by atoms with Gasteiger partial charge in [0.05, 0.1) is 18.2 Å². The first-order valence-electron chi connectivity index (χ1n) is 9.48. The molecule has 0 aliphatic heterocycles. The van der Waals surface area contributed by atoms with Gasteiger partial charge < -0.3 is 14.8 Å². The van der Waals surface area contributed by atoms with E-state index in [2.05, 4.69) is 11.4 Å². The van der Waals surface area contributed by atoms with Crippen molar-refractivity contribution < 1.29 is 19.1 Å². The Labute approximate surface area is 171 Å². The zero-order valence-corrected chi connectivity index (χ0v) is 17.2. The van der Waals surface area contributed by atoms with Gasteiger partial charge in [-0.2, -0.15) is 5.26 Å². The predicted octanol–water partition coefficient (Wildman–Crippen LogP) is 4.22. The van der Waals surface area contributed by atoms with E-state index >= 15 is 0 Å². The quantitative estimate of drug-likeness (QED) is 0.741. The first-order valence-corrected chi connectivity index (χ1v) is 9.48. The lowest BCUT2D eigenvalue weighted by Crippen LogP contribution is -2.45. The maximum atomic E-state index is 12.3. The third kappa shape index (κ3) is 6.65. The topological polar surface area (TPSA) is 88.4 Å². The van der Waals surface area contributed by atoms with Gasteiger partial charge in [-0.05, 0) is 50.5 Å². The number of rotatable bonds is 6. The fraction of sp³-hybridized carbons (Fsp3) is 0.348. The number of esters is 1. The molecule has 0 saturated heterocycles. The zero-order valence-electron chi connectivity index (χ0n) is 17.2. The summed E-state index contributed by atoms with van der Waals surface area (Å²) in [5.41, 5.74) is 2.52. The Balaban J connectivity index is 2.17. The highest BCUT2D eigenvalue weighted by Crippen LogP contribution is 2.24. The minimum atomic E-state index is -0.859. The van der Waals surface area contributed by atoms with Gasteiger partial charge >= 0.3 is 12.1 Å². The number of nitriles is 1. The molecule has 0 spiro atoms. The number of benzene rings is 2. The number of amides is 1. The fourth-order valence-corrected chi connectivity index (χ4v) is 2.77. The average molecular weight is 394 g/mol. The molecule has 6 nitrogen and oxygen atoms in total. The second-order valence-corrected chi connectivity index (χ2v) is 7.51. The molecular formula is C23H26N2O4. The molecule has 1 amide bonds. The molecule has 0 aromatic heterocycles. The minimum Gasteiger partial charge on any atom is -0.464 e. The van der Waals surface area contributed by atoms with E-state index in [9.17, 15) is 14.9 Å². The number of hydrogen-bond acceptors (Lipinski definition) is 5. The highest BCUT2D eigenvalue weighted by Gasteiger charge is 2.25. The Morgan fingerprint density at radius 3 is 2.34 bits per heavy atom. The van der Waals surface area contributed by atoms with Crippen LogP contribution in [0.15, 0.2) is 48.5 Å². The summed E-state index contributed by atoms with van der Waals surface area (Å²) in [6.45, 7) is 7.19. The monoisotopic (exact) mass is 394 g/mol. The van der Waals surface area contributed by atoms with Crippen molar-refractivity contribution >= 4 is 12.1 Å². The Morgan fingerprint density at radius 2 is 1.76 bits per heavy atom. The lowest BCUT2D eigenvalue weighted by Gasteiger charge is -2.23. The summed E-state index contributed by atoms with van der Waals surface area (Å²) in [7, 11) is 0. The van der Waals surface area contributed by atoms with E-state index < -0.39 is 23.7 Å². The Bertz CT molecular complexity index is 892. The summed E-state index contributed by atoms with van der Waals surface area (Å²) in [5.74, 6) is -0.516. The van der Waals surface area contributed by atoms with Crippen molar-refractivity contribution in [2.75, 3.05) is 6.61 Å². The number of hydrogen-bond donors (Lipinski definition) is 1. The van der Waals surface area contributed by atoms with Gasteiger partial charge in [0.1, 0.15) is 11.6 Å². The summed E-state index contributed by atoms with van der Waals surface area (Å²) < 4.78 is 10.3. The second-order valence-electron chi connectivity index (χ2n) is 7.51. The normalized spacial score (nSPS) is 11.8. The Hall–Kier alpha value is -3.33.